The highest BCUT2D eigenvalue weighted by Crippen LogP contribution is 2.25. The normalized spacial score (nSPS) is 13.0. The van der Waals surface area contributed by atoms with Crippen LogP contribution >= 0.6 is 11.8 Å². The molecule has 0 saturated heterocycles. The maximum atomic E-state index is 13.5. The van der Waals surface area contributed by atoms with E-state index in [9.17, 15) is 9.18 Å². The number of carboxylic acid groups (broad SMARTS) is 1. The molecule has 1 aromatic heterocycles. The smallest absolute Gasteiger partial charge is 0.313 e. The average molecular weight is 311 g/mol. The summed E-state index contributed by atoms with van der Waals surface area (Å²) in [5.74, 6) is -1.29. The number of benzene rings is 1. The molecule has 0 bridgehead atoms. The average Bonchev–Trinajstić information content (AvgIpc) is 2.74. The summed E-state index contributed by atoms with van der Waals surface area (Å²) in [6, 6.07) is 4.64. The lowest BCUT2D eigenvalue weighted by Crippen LogP contribution is -2.29. The lowest BCUT2D eigenvalue weighted by Gasteiger charge is -2.21. The highest BCUT2D eigenvalue weighted by molar-refractivity contribution is 7.99. The second-order valence-corrected chi connectivity index (χ2v) is 6.08. The highest BCUT2D eigenvalue weighted by Gasteiger charge is 2.16. The molecule has 1 N–H and O–H groups in total. The first-order valence-electron chi connectivity index (χ1n) is 6.55. The third-order valence-corrected chi connectivity index (χ3v) is 4.29. The van der Waals surface area contributed by atoms with Crippen LogP contribution < -0.4 is 0 Å². The van der Waals surface area contributed by atoms with E-state index in [1.165, 1.54) is 12.1 Å². The van der Waals surface area contributed by atoms with Gasteiger partial charge in [0.15, 0.2) is 5.16 Å². The van der Waals surface area contributed by atoms with Crippen LogP contribution in [-0.4, -0.2) is 51.4 Å². The molecule has 0 fully saturated rings. The summed E-state index contributed by atoms with van der Waals surface area (Å²) in [7, 11) is 3.93. The zero-order valence-electron chi connectivity index (χ0n) is 12.2. The van der Waals surface area contributed by atoms with Crippen molar-refractivity contribution < 1.29 is 14.3 Å². The molecule has 2 rings (SSSR count). The van der Waals surface area contributed by atoms with Crippen molar-refractivity contribution in [3.63, 3.8) is 0 Å². The fraction of sp³-hybridized carbons (Fsp3) is 0.429. The van der Waals surface area contributed by atoms with Crippen molar-refractivity contribution in [2.75, 3.05) is 19.8 Å². The van der Waals surface area contributed by atoms with E-state index in [4.69, 9.17) is 5.11 Å². The fourth-order valence-corrected chi connectivity index (χ4v) is 2.66. The molecule has 0 radical (unpaired) electrons. The standard InChI is InChI=1S/C14H18FN3O2S/c1-9(17(2)3)7-18-12-6-10(15)4-5-11(12)16-14(18)21-8-13(19)20/h4-6,9H,7-8H2,1-3H3,(H,19,20). The third kappa shape index (κ3) is 3.74. The van der Waals surface area contributed by atoms with Gasteiger partial charge in [-0.15, -0.1) is 0 Å². The number of aliphatic carboxylic acids is 1. The third-order valence-electron chi connectivity index (χ3n) is 3.33. The number of likely N-dealkylation sites (N-methyl/N-ethyl adjacent to an activating group) is 1. The van der Waals surface area contributed by atoms with Gasteiger partial charge in [-0.25, -0.2) is 9.37 Å². The molecule has 5 nitrogen and oxygen atoms in total. The monoisotopic (exact) mass is 311 g/mol. The minimum Gasteiger partial charge on any atom is -0.481 e. The first-order valence-corrected chi connectivity index (χ1v) is 7.54. The molecule has 2 aromatic rings. The van der Waals surface area contributed by atoms with Crippen LogP contribution in [0, 0.1) is 5.82 Å². The van der Waals surface area contributed by atoms with Gasteiger partial charge in [-0.3, -0.25) is 4.79 Å². The van der Waals surface area contributed by atoms with Crippen LogP contribution in [0.1, 0.15) is 6.92 Å². The molecule has 0 aliphatic carbocycles. The second-order valence-electron chi connectivity index (χ2n) is 5.13. The summed E-state index contributed by atoms with van der Waals surface area (Å²) in [5.41, 5.74) is 1.37. The summed E-state index contributed by atoms with van der Waals surface area (Å²) in [4.78, 5) is 17.2. The van der Waals surface area contributed by atoms with E-state index in [-0.39, 0.29) is 17.6 Å². The number of fused-ring (bicyclic) bond motifs is 1. The van der Waals surface area contributed by atoms with Gasteiger partial charge in [-0.05, 0) is 39.2 Å². The topological polar surface area (TPSA) is 58.4 Å². The molecule has 7 heteroatoms. The van der Waals surface area contributed by atoms with E-state index in [1.807, 2.05) is 18.7 Å². The molecule has 1 unspecified atom stereocenters. The number of halogens is 1. The molecule has 0 amide bonds. The Morgan fingerprint density at radius 3 is 2.86 bits per heavy atom. The van der Waals surface area contributed by atoms with Crippen LogP contribution in [0.3, 0.4) is 0 Å². The van der Waals surface area contributed by atoms with Crippen molar-refractivity contribution in [1.82, 2.24) is 14.5 Å². The van der Waals surface area contributed by atoms with Gasteiger partial charge in [0, 0.05) is 12.6 Å². The van der Waals surface area contributed by atoms with Crippen LogP contribution in [0.25, 0.3) is 11.0 Å². The van der Waals surface area contributed by atoms with Crippen LogP contribution in [-0.2, 0) is 11.3 Å². The minimum atomic E-state index is -0.898. The first-order chi connectivity index (χ1) is 9.88. The van der Waals surface area contributed by atoms with Crippen molar-refractivity contribution >= 4 is 28.8 Å². The van der Waals surface area contributed by atoms with Gasteiger partial charge in [0.1, 0.15) is 5.82 Å². The number of hydrogen-bond donors (Lipinski definition) is 1. The molecule has 0 spiro atoms. The van der Waals surface area contributed by atoms with Crippen molar-refractivity contribution in [1.29, 1.82) is 0 Å². The van der Waals surface area contributed by atoms with Gasteiger partial charge < -0.3 is 14.6 Å². The Balaban J connectivity index is 2.42. The summed E-state index contributed by atoms with van der Waals surface area (Å²) in [5, 5.41) is 9.43. The Kier molecular flexibility index (Phi) is 4.84. The predicted molar refractivity (Wildman–Crippen MR) is 81.2 cm³/mol. The predicted octanol–water partition coefficient (Wildman–Crippen LogP) is 2.30. The Morgan fingerprint density at radius 2 is 2.24 bits per heavy atom. The Labute approximate surface area is 126 Å². The number of hydrogen-bond acceptors (Lipinski definition) is 4. The number of nitrogens with zero attached hydrogens (tertiary/aromatic N) is 3. The zero-order valence-corrected chi connectivity index (χ0v) is 13.0. The molecule has 1 atom stereocenters. The molecule has 0 aliphatic heterocycles. The van der Waals surface area contributed by atoms with Crippen molar-refractivity contribution in [2.24, 2.45) is 0 Å². The fourth-order valence-electron chi connectivity index (χ4n) is 1.91. The van der Waals surface area contributed by atoms with Gasteiger partial charge in [-0.1, -0.05) is 11.8 Å². The zero-order chi connectivity index (χ0) is 15.6. The van der Waals surface area contributed by atoms with E-state index in [1.54, 1.807) is 6.07 Å². The lowest BCUT2D eigenvalue weighted by molar-refractivity contribution is -0.133. The van der Waals surface area contributed by atoms with E-state index in [0.717, 1.165) is 11.8 Å². The number of carboxylic acids is 1. The Bertz CT molecular complexity index is 657. The highest BCUT2D eigenvalue weighted by atomic mass is 32.2. The summed E-state index contributed by atoms with van der Waals surface area (Å²) < 4.78 is 15.4. The van der Waals surface area contributed by atoms with Gasteiger partial charge in [0.2, 0.25) is 0 Å². The van der Waals surface area contributed by atoms with Crippen LogP contribution in [0.15, 0.2) is 23.4 Å². The maximum absolute atomic E-state index is 13.5. The summed E-state index contributed by atoms with van der Waals surface area (Å²) >= 11 is 1.15. The quantitative estimate of drug-likeness (QED) is 0.830. The molecule has 0 aliphatic rings. The van der Waals surface area contributed by atoms with Crippen LogP contribution in [0.4, 0.5) is 4.39 Å². The van der Waals surface area contributed by atoms with Gasteiger partial charge in [0.05, 0.1) is 16.8 Å². The summed E-state index contributed by atoms with van der Waals surface area (Å²) in [6.45, 7) is 2.67. The van der Waals surface area contributed by atoms with Crippen molar-refractivity contribution in [3.8, 4) is 0 Å². The molecular weight excluding hydrogens is 293 g/mol. The minimum absolute atomic E-state index is 0.0673. The lowest BCUT2D eigenvalue weighted by atomic mass is 10.2. The molecule has 114 valence electrons. The number of thioether (sulfide) groups is 1. The van der Waals surface area contributed by atoms with E-state index >= 15 is 0 Å². The van der Waals surface area contributed by atoms with E-state index in [2.05, 4.69) is 16.8 Å². The molecule has 1 aromatic carbocycles. The SMILES string of the molecule is CC(Cn1c(SCC(=O)O)nc2ccc(F)cc21)N(C)C. The number of carbonyl (C=O) groups is 1. The maximum Gasteiger partial charge on any atom is 0.313 e. The summed E-state index contributed by atoms with van der Waals surface area (Å²) in [6.07, 6.45) is 0. The first kappa shape index (κ1) is 15.8. The van der Waals surface area contributed by atoms with E-state index < -0.39 is 5.97 Å². The number of rotatable bonds is 6. The van der Waals surface area contributed by atoms with Crippen molar-refractivity contribution in [3.05, 3.63) is 24.0 Å². The van der Waals surface area contributed by atoms with Gasteiger partial charge in [0.25, 0.3) is 0 Å². The van der Waals surface area contributed by atoms with Crippen molar-refractivity contribution in [2.45, 2.75) is 24.7 Å². The van der Waals surface area contributed by atoms with Gasteiger partial charge in [-0.2, -0.15) is 0 Å². The van der Waals surface area contributed by atoms with Crippen LogP contribution in [0.5, 0.6) is 0 Å². The molecule has 0 saturated carbocycles. The number of aromatic nitrogens is 2. The van der Waals surface area contributed by atoms with Crippen LogP contribution in [0.2, 0.25) is 0 Å². The Hall–Kier alpha value is -1.60. The molecular formula is C14H18FN3O2S. The largest absolute Gasteiger partial charge is 0.481 e. The molecule has 21 heavy (non-hydrogen) atoms. The van der Waals surface area contributed by atoms with E-state index in [0.29, 0.717) is 22.7 Å². The number of imidazole rings is 1. The second kappa shape index (κ2) is 6.44. The van der Waals surface area contributed by atoms with Gasteiger partial charge >= 0.3 is 5.97 Å². The molecule has 1 heterocycles. The Morgan fingerprint density at radius 1 is 1.52 bits per heavy atom.